The molecular formula is C34H32N2O5. The van der Waals surface area contributed by atoms with Crippen molar-refractivity contribution < 1.29 is 24.2 Å². The number of ether oxygens (including phenoxy) is 2. The number of aryl methyl sites for hydroxylation is 1. The number of Topliss-reactive ketones (excluding diaryl/α,β-unsaturated/α-hetero) is 1. The zero-order valence-corrected chi connectivity index (χ0v) is 23.3. The van der Waals surface area contributed by atoms with Gasteiger partial charge in [-0.3, -0.25) is 14.6 Å². The number of amides is 1. The molecule has 3 aromatic carbocycles. The monoisotopic (exact) mass is 548 g/mol. The lowest BCUT2D eigenvalue weighted by atomic mass is 9.94. The zero-order valence-electron chi connectivity index (χ0n) is 23.3. The highest BCUT2D eigenvalue weighted by Gasteiger charge is 2.46. The minimum Gasteiger partial charge on any atom is -0.507 e. The number of aromatic nitrogens is 1. The Morgan fingerprint density at radius 2 is 1.73 bits per heavy atom. The number of pyridine rings is 1. The largest absolute Gasteiger partial charge is 0.507 e. The first-order chi connectivity index (χ1) is 19.8. The molecular weight excluding hydrogens is 516 g/mol. The van der Waals surface area contributed by atoms with E-state index in [2.05, 4.69) is 18.8 Å². The number of aliphatic hydroxyl groups is 1. The summed E-state index contributed by atoms with van der Waals surface area (Å²) in [5, 5.41) is 11.6. The summed E-state index contributed by atoms with van der Waals surface area (Å²) in [6, 6.07) is 24.6. The molecule has 0 bridgehead atoms. The predicted octanol–water partition coefficient (Wildman–Crippen LogP) is 6.84. The Hall–Kier alpha value is -4.91. The third-order valence-electron chi connectivity index (χ3n) is 6.79. The van der Waals surface area contributed by atoms with Crippen molar-refractivity contribution in [2.75, 3.05) is 6.61 Å². The summed E-state index contributed by atoms with van der Waals surface area (Å²) in [7, 11) is 0. The number of carbonyl (C=O) groups is 2. The Kier molecular flexibility index (Phi) is 8.15. The molecule has 208 valence electrons. The maximum atomic E-state index is 13.5. The van der Waals surface area contributed by atoms with Gasteiger partial charge in [-0.15, -0.1) is 0 Å². The van der Waals surface area contributed by atoms with Gasteiger partial charge in [0.05, 0.1) is 18.2 Å². The van der Waals surface area contributed by atoms with E-state index in [4.69, 9.17) is 9.47 Å². The van der Waals surface area contributed by atoms with E-state index in [-0.39, 0.29) is 17.9 Å². The lowest BCUT2D eigenvalue weighted by Gasteiger charge is -2.25. The van der Waals surface area contributed by atoms with E-state index >= 15 is 0 Å². The van der Waals surface area contributed by atoms with Gasteiger partial charge in [0.1, 0.15) is 23.0 Å². The maximum Gasteiger partial charge on any atom is 0.295 e. The highest BCUT2D eigenvalue weighted by molar-refractivity contribution is 6.46. The molecule has 1 aliphatic rings. The molecule has 1 fully saturated rings. The van der Waals surface area contributed by atoms with Crippen LogP contribution in [0, 0.1) is 12.8 Å². The lowest BCUT2D eigenvalue weighted by Crippen LogP contribution is -2.29. The molecule has 7 nitrogen and oxygen atoms in total. The van der Waals surface area contributed by atoms with Gasteiger partial charge >= 0.3 is 0 Å². The SMILES string of the molecule is Cc1cc(C(O)=C2C(=O)C(=O)N(Cc3cccnc3)[C@H]2c2cccc(Oc3ccccc3)c2)ccc1OCC(C)C. The third kappa shape index (κ3) is 6.14. The first-order valence-corrected chi connectivity index (χ1v) is 13.6. The van der Waals surface area contributed by atoms with E-state index in [1.165, 1.54) is 4.90 Å². The average Bonchev–Trinajstić information content (AvgIpc) is 3.22. The average molecular weight is 549 g/mol. The summed E-state index contributed by atoms with van der Waals surface area (Å²) >= 11 is 0. The van der Waals surface area contributed by atoms with Crippen LogP contribution in [0.3, 0.4) is 0 Å². The molecule has 0 aliphatic carbocycles. The second kappa shape index (κ2) is 12.1. The normalized spacial score (nSPS) is 16.3. The molecule has 1 atom stereocenters. The van der Waals surface area contributed by atoms with Gasteiger partial charge in [-0.1, -0.05) is 50.2 Å². The van der Waals surface area contributed by atoms with Crippen LogP contribution in [0.15, 0.2) is 103 Å². The fraction of sp³-hybridized carbons (Fsp3) is 0.206. The minimum absolute atomic E-state index is 0.0194. The number of nitrogens with zero attached hydrogens (tertiary/aromatic N) is 2. The number of ketones is 1. The number of aliphatic hydroxyl groups excluding tert-OH is 1. The Morgan fingerprint density at radius 1 is 0.951 bits per heavy atom. The van der Waals surface area contributed by atoms with Gasteiger partial charge in [0.2, 0.25) is 0 Å². The van der Waals surface area contributed by atoms with Gasteiger partial charge in [0, 0.05) is 24.5 Å². The van der Waals surface area contributed by atoms with Crippen LogP contribution in [0.2, 0.25) is 0 Å². The third-order valence-corrected chi connectivity index (χ3v) is 6.79. The van der Waals surface area contributed by atoms with Gasteiger partial charge in [-0.05, 0) is 78.1 Å². The Labute approximate surface area is 239 Å². The van der Waals surface area contributed by atoms with E-state index in [1.807, 2.05) is 61.5 Å². The molecule has 5 rings (SSSR count). The van der Waals surface area contributed by atoms with E-state index in [9.17, 15) is 14.7 Å². The van der Waals surface area contributed by atoms with Crippen molar-refractivity contribution in [1.29, 1.82) is 0 Å². The van der Waals surface area contributed by atoms with Gasteiger partial charge in [0.25, 0.3) is 11.7 Å². The smallest absolute Gasteiger partial charge is 0.295 e. The van der Waals surface area contributed by atoms with Crippen LogP contribution in [-0.2, 0) is 16.1 Å². The quantitative estimate of drug-likeness (QED) is 0.140. The molecule has 1 saturated heterocycles. The van der Waals surface area contributed by atoms with Crippen molar-refractivity contribution in [1.82, 2.24) is 9.88 Å². The molecule has 1 N–H and O–H groups in total. The summed E-state index contributed by atoms with van der Waals surface area (Å²) in [5.74, 6) is 0.587. The molecule has 0 spiro atoms. The van der Waals surface area contributed by atoms with Crippen LogP contribution in [0.25, 0.3) is 5.76 Å². The molecule has 41 heavy (non-hydrogen) atoms. The van der Waals surface area contributed by atoms with Crippen LogP contribution < -0.4 is 9.47 Å². The molecule has 0 radical (unpaired) electrons. The molecule has 4 aromatic rings. The fourth-order valence-corrected chi connectivity index (χ4v) is 4.82. The van der Waals surface area contributed by atoms with Crippen molar-refractivity contribution in [3.05, 3.63) is 125 Å². The van der Waals surface area contributed by atoms with Crippen molar-refractivity contribution >= 4 is 17.4 Å². The number of rotatable bonds is 9. The number of carbonyl (C=O) groups excluding carboxylic acids is 2. The zero-order chi connectivity index (χ0) is 28.9. The van der Waals surface area contributed by atoms with Crippen LogP contribution in [0.4, 0.5) is 0 Å². The van der Waals surface area contributed by atoms with Gasteiger partial charge in [-0.2, -0.15) is 0 Å². The molecule has 1 aromatic heterocycles. The number of likely N-dealkylation sites (tertiary alicyclic amines) is 1. The van der Waals surface area contributed by atoms with Crippen molar-refractivity contribution in [2.24, 2.45) is 5.92 Å². The number of hydrogen-bond donors (Lipinski definition) is 1. The van der Waals surface area contributed by atoms with Crippen LogP contribution >= 0.6 is 0 Å². The Bertz CT molecular complexity index is 1580. The summed E-state index contributed by atoms with van der Waals surface area (Å²) in [5.41, 5.74) is 2.66. The first-order valence-electron chi connectivity index (χ1n) is 13.6. The second-order valence-electron chi connectivity index (χ2n) is 10.5. The summed E-state index contributed by atoms with van der Waals surface area (Å²) in [6.45, 7) is 6.73. The van der Waals surface area contributed by atoms with E-state index < -0.39 is 17.7 Å². The summed E-state index contributed by atoms with van der Waals surface area (Å²) in [4.78, 5) is 32.6. The summed E-state index contributed by atoms with van der Waals surface area (Å²) < 4.78 is 11.9. The van der Waals surface area contributed by atoms with Crippen molar-refractivity contribution in [3.8, 4) is 17.2 Å². The van der Waals surface area contributed by atoms with Crippen LogP contribution in [-0.4, -0.2) is 33.3 Å². The number of benzene rings is 3. The fourth-order valence-electron chi connectivity index (χ4n) is 4.82. The van der Waals surface area contributed by atoms with Gasteiger partial charge in [0.15, 0.2) is 0 Å². The second-order valence-corrected chi connectivity index (χ2v) is 10.5. The Balaban J connectivity index is 1.58. The highest BCUT2D eigenvalue weighted by Crippen LogP contribution is 2.41. The predicted molar refractivity (Wildman–Crippen MR) is 157 cm³/mol. The molecule has 1 amide bonds. The molecule has 0 unspecified atom stereocenters. The standard InChI is InChI=1S/C34H32N2O5/c1-22(2)21-40-29-15-14-26(17-23(29)3)32(37)30-31(36(34(39)33(30)38)20-24-9-8-16-35-19-24)25-10-7-13-28(18-25)41-27-11-5-4-6-12-27/h4-19,22,31,37H,20-21H2,1-3H3/t31-/m0/s1. The van der Waals surface area contributed by atoms with Gasteiger partial charge in [-0.25, -0.2) is 0 Å². The lowest BCUT2D eigenvalue weighted by molar-refractivity contribution is -0.140. The topological polar surface area (TPSA) is 89.0 Å². The number of hydrogen-bond acceptors (Lipinski definition) is 6. The summed E-state index contributed by atoms with van der Waals surface area (Å²) in [6.07, 6.45) is 3.31. The van der Waals surface area contributed by atoms with E-state index in [0.29, 0.717) is 40.9 Å². The first kappa shape index (κ1) is 27.6. The van der Waals surface area contributed by atoms with E-state index in [0.717, 1.165) is 11.1 Å². The van der Waals surface area contributed by atoms with Crippen LogP contribution in [0.5, 0.6) is 17.2 Å². The molecule has 7 heteroatoms. The molecule has 0 saturated carbocycles. The Morgan fingerprint density at radius 3 is 2.44 bits per heavy atom. The van der Waals surface area contributed by atoms with Crippen molar-refractivity contribution in [2.45, 2.75) is 33.4 Å². The number of para-hydroxylation sites is 1. The van der Waals surface area contributed by atoms with Gasteiger partial charge < -0.3 is 19.5 Å². The minimum atomic E-state index is -0.841. The maximum absolute atomic E-state index is 13.5. The molecule has 2 heterocycles. The van der Waals surface area contributed by atoms with E-state index in [1.54, 1.807) is 42.7 Å². The van der Waals surface area contributed by atoms with Crippen LogP contribution in [0.1, 0.15) is 42.1 Å². The van der Waals surface area contributed by atoms with Crippen molar-refractivity contribution in [3.63, 3.8) is 0 Å². The molecule has 1 aliphatic heterocycles. The highest BCUT2D eigenvalue weighted by atomic mass is 16.5.